The summed E-state index contributed by atoms with van der Waals surface area (Å²) in [5.74, 6) is 0.604. The minimum absolute atomic E-state index is 0.604. The maximum absolute atomic E-state index is 4.57. The molecule has 5 heteroatoms. The SMILES string of the molecule is COn1nnc(C)n1. The molecular weight excluding hydrogens is 108 g/mol. The van der Waals surface area contributed by atoms with Gasteiger partial charge in [0.2, 0.25) is 0 Å². The summed E-state index contributed by atoms with van der Waals surface area (Å²) in [6, 6.07) is 0. The van der Waals surface area contributed by atoms with Crippen LogP contribution in [-0.2, 0) is 0 Å². The molecule has 0 saturated heterocycles. The fraction of sp³-hybridized carbons (Fsp3) is 0.667. The highest BCUT2D eigenvalue weighted by atomic mass is 16.7. The van der Waals surface area contributed by atoms with E-state index in [9.17, 15) is 0 Å². The van der Waals surface area contributed by atoms with Gasteiger partial charge in [-0.1, -0.05) is 5.10 Å². The minimum Gasteiger partial charge on any atom is -0.383 e. The zero-order valence-electron chi connectivity index (χ0n) is 4.70. The number of tetrazole rings is 1. The van der Waals surface area contributed by atoms with Gasteiger partial charge in [0.05, 0.1) is 0 Å². The molecule has 0 unspecified atom stereocenters. The minimum atomic E-state index is 0.604. The molecular formula is C3H6N4O. The van der Waals surface area contributed by atoms with Crippen LogP contribution in [0.4, 0.5) is 0 Å². The van der Waals surface area contributed by atoms with E-state index in [0.717, 1.165) is 4.96 Å². The number of aryl methyl sites for hydroxylation is 1. The van der Waals surface area contributed by atoms with E-state index in [1.165, 1.54) is 7.11 Å². The van der Waals surface area contributed by atoms with Gasteiger partial charge in [-0.15, -0.1) is 5.10 Å². The quantitative estimate of drug-likeness (QED) is 0.472. The molecule has 0 amide bonds. The molecule has 0 bridgehead atoms. The summed E-state index contributed by atoms with van der Waals surface area (Å²) < 4.78 is 0. The van der Waals surface area contributed by atoms with E-state index < -0.39 is 0 Å². The number of hydrogen-bond donors (Lipinski definition) is 0. The summed E-state index contributed by atoms with van der Waals surface area (Å²) in [5.41, 5.74) is 0. The number of nitrogens with zero attached hydrogens (tertiary/aromatic N) is 4. The second-order valence-electron chi connectivity index (χ2n) is 1.27. The van der Waals surface area contributed by atoms with Gasteiger partial charge in [0.15, 0.2) is 5.82 Å². The molecule has 0 saturated carbocycles. The maximum atomic E-state index is 4.57. The summed E-state index contributed by atoms with van der Waals surface area (Å²) in [4.78, 5) is 5.62. The van der Waals surface area contributed by atoms with Crippen LogP contribution < -0.4 is 4.84 Å². The van der Waals surface area contributed by atoms with Gasteiger partial charge in [-0.3, -0.25) is 0 Å². The zero-order valence-corrected chi connectivity index (χ0v) is 4.70. The van der Waals surface area contributed by atoms with E-state index in [2.05, 4.69) is 20.2 Å². The second kappa shape index (κ2) is 1.77. The lowest BCUT2D eigenvalue weighted by molar-refractivity contribution is 0.0954. The van der Waals surface area contributed by atoms with Crippen molar-refractivity contribution in [1.29, 1.82) is 0 Å². The van der Waals surface area contributed by atoms with Crippen LogP contribution in [0.15, 0.2) is 0 Å². The molecule has 0 N–H and O–H groups in total. The predicted molar refractivity (Wildman–Crippen MR) is 25.1 cm³/mol. The van der Waals surface area contributed by atoms with Crippen molar-refractivity contribution >= 4 is 0 Å². The summed E-state index contributed by atoms with van der Waals surface area (Å²) >= 11 is 0. The van der Waals surface area contributed by atoms with E-state index >= 15 is 0 Å². The molecule has 5 nitrogen and oxygen atoms in total. The molecule has 0 aromatic carbocycles. The van der Waals surface area contributed by atoms with E-state index in [1.807, 2.05) is 0 Å². The molecule has 0 aliphatic heterocycles. The second-order valence-corrected chi connectivity index (χ2v) is 1.27. The van der Waals surface area contributed by atoms with Crippen LogP contribution in [0.2, 0.25) is 0 Å². The molecule has 1 aromatic rings. The normalized spacial score (nSPS) is 9.25. The van der Waals surface area contributed by atoms with E-state index in [1.54, 1.807) is 6.92 Å². The Balaban J connectivity index is 2.84. The molecule has 44 valence electrons. The lowest BCUT2D eigenvalue weighted by Crippen LogP contribution is -2.09. The molecule has 0 spiro atoms. The Morgan fingerprint density at radius 1 is 1.62 bits per heavy atom. The number of rotatable bonds is 1. The van der Waals surface area contributed by atoms with Crippen LogP contribution in [0.5, 0.6) is 0 Å². The van der Waals surface area contributed by atoms with Gasteiger partial charge >= 0.3 is 0 Å². The molecule has 0 atom stereocenters. The molecule has 0 aliphatic rings. The van der Waals surface area contributed by atoms with Gasteiger partial charge < -0.3 is 4.84 Å². The monoisotopic (exact) mass is 114 g/mol. The average molecular weight is 114 g/mol. The Hall–Kier alpha value is -1.13. The summed E-state index contributed by atoms with van der Waals surface area (Å²) in [7, 11) is 1.47. The first-order valence-electron chi connectivity index (χ1n) is 2.14. The largest absolute Gasteiger partial charge is 0.383 e. The van der Waals surface area contributed by atoms with Crippen molar-refractivity contribution in [2.45, 2.75) is 6.92 Å². The molecule has 8 heavy (non-hydrogen) atoms. The average Bonchev–Trinajstić information content (AvgIpc) is 2.14. The van der Waals surface area contributed by atoms with Gasteiger partial charge in [-0.2, -0.15) is 0 Å². The van der Waals surface area contributed by atoms with E-state index in [0.29, 0.717) is 5.82 Å². The van der Waals surface area contributed by atoms with Crippen molar-refractivity contribution in [3.63, 3.8) is 0 Å². The first-order chi connectivity index (χ1) is 3.83. The lowest BCUT2D eigenvalue weighted by atomic mass is 10.8. The summed E-state index contributed by atoms with van der Waals surface area (Å²) in [5, 5.41) is 10.7. The third kappa shape index (κ3) is 0.749. The van der Waals surface area contributed by atoms with Crippen molar-refractivity contribution < 1.29 is 4.84 Å². The maximum Gasteiger partial charge on any atom is 0.175 e. The third-order valence-electron chi connectivity index (χ3n) is 0.660. The highest BCUT2D eigenvalue weighted by molar-refractivity contribution is 4.64. The fourth-order valence-corrected chi connectivity index (χ4v) is 0.344. The van der Waals surface area contributed by atoms with E-state index in [4.69, 9.17) is 0 Å². The van der Waals surface area contributed by atoms with Crippen LogP contribution in [0.25, 0.3) is 0 Å². The van der Waals surface area contributed by atoms with Crippen molar-refractivity contribution in [3.05, 3.63) is 5.82 Å². The summed E-state index contributed by atoms with van der Waals surface area (Å²) in [6.45, 7) is 1.74. The highest BCUT2D eigenvalue weighted by Crippen LogP contribution is 1.75. The van der Waals surface area contributed by atoms with Crippen LogP contribution in [0.1, 0.15) is 5.82 Å². The first-order valence-corrected chi connectivity index (χ1v) is 2.14. The van der Waals surface area contributed by atoms with Crippen molar-refractivity contribution in [3.8, 4) is 0 Å². The van der Waals surface area contributed by atoms with Crippen molar-refractivity contribution in [2.75, 3.05) is 7.11 Å². The van der Waals surface area contributed by atoms with Crippen molar-refractivity contribution in [1.82, 2.24) is 20.4 Å². The zero-order chi connectivity index (χ0) is 5.98. The number of hydrogen-bond acceptors (Lipinski definition) is 4. The molecule has 0 radical (unpaired) electrons. The van der Waals surface area contributed by atoms with Gasteiger partial charge in [-0.05, 0) is 12.1 Å². The Morgan fingerprint density at radius 3 is 2.62 bits per heavy atom. The van der Waals surface area contributed by atoms with Crippen LogP contribution >= 0.6 is 0 Å². The van der Waals surface area contributed by atoms with E-state index in [-0.39, 0.29) is 0 Å². The number of aromatic nitrogens is 4. The Bertz CT molecular complexity index is 172. The Labute approximate surface area is 46.2 Å². The Kier molecular flexibility index (Phi) is 1.11. The summed E-state index contributed by atoms with van der Waals surface area (Å²) in [6.07, 6.45) is 0. The van der Waals surface area contributed by atoms with Crippen LogP contribution in [0, 0.1) is 6.92 Å². The van der Waals surface area contributed by atoms with Gasteiger partial charge in [-0.25, -0.2) is 0 Å². The molecule has 1 aromatic heterocycles. The van der Waals surface area contributed by atoms with Crippen LogP contribution in [0.3, 0.4) is 0 Å². The molecule has 1 heterocycles. The lowest BCUT2D eigenvalue weighted by Gasteiger charge is -1.87. The highest BCUT2D eigenvalue weighted by Gasteiger charge is 1.90. The first kappa shape index (κ1) is 5.02. The topological polar surface area (TPSA) is 52.8 Å². The predicted octanol–water partition coefficient (Wildman–Crippen LogP) is -0.960. The van der Waals surface area contributed by atoms with Gasteiger partial charge in [0.1, 0.15) is 7.11 Å². The van der Waals surface area contributed by atoms with Crippen LogP contribution in [-0.4, -0.2) is 27.5 Å². The Morgan fingerprint density at radius 2 is 2.38 bits per heavy atom. The molecule has 1 rings (SSSR count). The smallest absolute Gasteiger partial charge is 0.175 e. The fourth-order valence-electron chi connectivity index (χ4n) is 0.344. The molecule has 0 fully saturated rings. The van der Waals surface area contributed by atoms with Crippen molar-refractivity contribution in [2.24, 2.45) is 0 Å². The van der Waals surface area contributed by atoms with Gasteiger partial charge in [0, 0.05) is 4.96 Å². The third-order valence-corrected chi connectivity index (χ3v) is 0.660. The standard InChI is InChI=1S/C3H6N4O/c1-3-4-6-7(5-3)8-2/h1-2H3. The molecule has 0 aliphatic carbocycles. The van der Waals surface area contributed by atoms with Gasteiger partial charge in [0.25, 0.3) is 0 Å².